The highest BCUT2D eigenvalue weighted by Crippen LogP contribution is 2.53. The molecule has 0 aromatic rings. The van der Waals surface area contributed by atoms with Gasteiger partial charge in [-0.2, -0.15) is 5.26 Å². The predicted molar refractivity (Wildman–Crippen MR) is 127 cm³/mol. The fraction of sp³-hybridized carbons (Fsp3) is 0.808. The highest BCUT2D eigenvalue weighted by molar-refractivity contribution is 6.74. The summed E-state index contributed by atoms with van der Waals surface area (Å²) < 4.78 is 7.03. The summed E-state index contributed by atoms with van der Waals surface area (Å²) in [5, 5.41) is 10.5. The van der Waals surface area contributed by atoms with Crippen molar-refractivity contribution in [3.63, 3.8) is 0 Å². The molecular formula is C26H45NOSi. The van der Waals surface area contributed by atoms with E-state index in [9.17, 15) is 5.26 Å². The van der Waals surface area contributed by atoms with Gasteiger partial charge in [-0.3, -0.25) is 0 Å². The van der Waals surface area contributed by atoms with Crippen LogP contribution in [-0.4, -0.2) is 14.4 Å². The van der Waals surface area contributed by atoms with Crippen molar-refractivity contribution < 1.29 is 4.43 Å². The molecule has 2 rings (SSSR count). The van der Waals surface area contributed by atoms with E-state index in [4.69, 9.17) is 4.43 Å². The summed E-state index contributed by atoms with van der Waals surface area (Å²) in [6.07, 6.45) is 11.6. The van der Waals surface area contributed by atoms with Crippen molar-refractivity contribution in [2.24, 2.45) is 23.2 Å². The van der Waals surface area contributed by atoms with Crippen LogP contribution in [0.5, 0.6) is 0 Å². The van der Waals surface area contributed by atoms with E-state index in [1.165, 1.54) is 17.6 Å². The molecule has 3 heteroatoms. The lowest BCUT2D eigenvalue weighted by atomic mass is 9.55. The first kappa shape index (κ1) is 24.4. The first-order valence-electron chi connectivity index (χ1n) is 11.7. The molecule has 0 unspecified atom stereocenters. The van der Waals surface area contributed by atoms with Crippen molar-refractivity contribution in [1.82, 2.24) is 0 Å². The molecule has 2 bridgehead atoms. The topological polar surface area (TPSA) is 33.0 Å². The fourth-order valence-corrected chi connectivity index (χ4v) is 6.25. The monoisotopic (exact) mass is 415 g/mol. The third-order valence-electron chi connectivity index (χ3n) is 8.53. The molecule has 0 amide bonds. The zero-order valence-electron chi connectivity index (χ0n) is 20.6. The molecular weight excluding hydrogens is 370 g/mol. The Labute approximate surface area is 181 Å². The van der Waals surface area contributed by atoms with Gasteiger partial charge in [0, 0.05) is 5.92 Å². The molecule has 1 fully saturated rings. The molecule has 0 heterocycles. The van der Waals surface area contributed by atoms with Gasteiger partial charge in [0.25, 0.3) is 0 Å². The minimum absolute atomic E-state index is 0.0531. The molecule has 0 aromatic carbocycles. The Hall–Kier alpha value is -0.853. The number of rotatable bonds is 2. The fourth-order valence-electron chi connectivity index (χ4n) is 4.97. The Morgan fingerprint density at radius 3 is 2.38 bits per heavy atom. The summed E-state index contributed by atoms with van der Waals surface area (Å²) in [5.41, 5.74) is 2.96. The van der Waals surface area contributed by atoms with Crippen molar-refractivity contribution in [2.75, 3.05) is 0 Å². The van der Waals surface area contributed by atoms with E-state index in [1.54, 1.807) is 0 Å². The van der Waals surface area contributed by atoms with Crippen LogP contribution < -0.4 is 0 Å². The standard InChI is InChI=1S/C26H45NOSi/c1-19-11-10-12-20(2)17-24(28-29(8,9)25(4,5)6)22-14-13-21(3)26(7,16-15-19)23(22)18-27/h11,17,21-24H,10,12-16H2,1-9H3/b19-11+,20-17+/t21-,22-,23-,24-,26+/m0/s1. The number of nitrogens with zero attached hydrogens (tertiary/aromatic N) is 1. The molecule has 29 heavy (non-hydrogen) atoms. The lowest BCUT2D eigenvalue weighted by Crippen LogP contribution is -2.50. The van der Waals surface area contributed by atoms with Crippen LogP contribution in [0.15, 0.2) is 23.3 Å². The van der Waals surface area contributed by atoms with E-state index in [2.05, 4.69) is 79.8 Å². The number of hydrogen-bond acceptors (Lipinski definition) is 2. The summed E-state index contributed by atoms with van der Waals surface area (Å²) in [7, 11) is -1.93. The van der Waals surface area contributed by atoms with Crippen LogP contribution in [0, 0.1) is 34.5 Å². The molecule has 2 aliphatic carbocycles. The Bertz CT molecular complexity index is 678. The number of allylic oxidation sites excluding steroid dienone is 3. The predicted octanol–water partition coefficient (Wildman–Crippen LogP) is 8.04. The molecule has 0 N–H and O–H groups in total. The van der Waals surface area contributed by atoms with E-state index in [-0.39, 0.29) is 22.5 Å². The lowest BCUT2D eigenvalue weighted by Gasteiger charge is -2.51. The van der Waals surface area contributed by atoms with Crippen molar-refractivity contribution in [3.05, 3.63) is 23.3 Å². The third kappa shape index (κ3) is 5.45. The maximum Gasteiger partial charge on any atom is 0.192 e. The van der Waals surface area contributed by atoms with Crippen LogP contribution >= 0.6 is 0 Å². The zero-order valence-corrected chi connectivity index (χ0v) is 21.6. The van der Waals surface area contributed by atoms with E-state index >= 15 is 0 Å². The summed E-state index contributed by atoms with van der Waals surface area (Å²) >= 11 is 0. The van der Waals surface area contributed by atoms with Gasteiger partial charge in [-0.1, -0.05) is 57.9 Å². The minimum atomic E-state index is -1.93. The van der Waals surface area contributed by atoms with E-state index in [1.807, 2.05) is 0 Å². The highest BCUT2D eigenvalue weighted by Gasteiger charge is 2.50. The zero-order chi connectivity index (χ0) is 22.0. The maximum absolute atomic E-state index is 10.4. The molecule has 2 aliphatic rings. The van der Waals surface area contributed by atoms with Gasteiger partial charge in [-0.05, 0) is 81.8 Å². The Morgan fingerprint density at radius 2 is 1.79 bits per heavy atom. The first-order valence-corrected chi connectivity index (χ1v) is 14.6. The van der Waals surface area contributed by atoms with Crippen LogP contribution in [0.4, 0.5) is 0 Å². The Balaban J connectivity index is 2.52. The normalized spacial score (nSPS) is 38.5. The second kappa shape index (κ2) is 9.11. The molecule has 164 valence electrons. The molecule has 0 aromatic heterocycles. The largest absolute Gasteiger partial charge is 0.410 e. The molecule has 0 aliphatic heterocycles. The molecule has 5 atom stereocenters. The van der Waals surface area contributed by atoms with Crippen molar-refractivity contribution >= 4 is 8.32 Å². The number of fused-ring (bicyclic) bond motifs is 2. The van der Waals surface area contributed by atoms with Gasteiger partial charge in [0.1, 0.15) is 0 Å². The minimum Gasteiger partial charge on any atom is -0.410 e. The second-order valence-corrected chi connectivity index (χ2v) is 16.5. The maximum atomic E-state index is 10.4. The summed E-state index contributed by atoms with van der Waals surface area (Å²) in [6.45, 7) is 20.9. The SMILES string of the molecule is C/C1=C\[C@H](O[Si](C)(C)C(C)(C)C)[C@H]2CC[C@H](C)[C@@](C)(CC/C(C)=C/CC1)[C@H]2C#N. The molecule has 1 saturated carbocycles. The van der Waals surface area contributed by atoms with Gasteiger partial charge in [0.05, 0.1) is 18.1 Å². The average molecular weight is 416 g/mol. The van der Waals surface area contributed by atoms with Gasteiger partial charge in [0.2, 0.25) is 0 Å². The average Bonchev–Trinajstić information content (AvgIpc) is 2.59. The molecule has 0 spiro atoms. The number of hydrogen-bond donors (Lipinski definition) is 0. The third-order valence-corrected chi connectivity index (χ3v) is 13.0. The quantitative estimate of drug-likeness (QED) is 0.338. The Kier molecular flexibility index (Phi) is 7.67. The van der Waals surface area contributed by atoms with Crippen molar-refractivity contribution in [2.45, 2.75) is 111 Å². The number of nitriles is 1. The molecule has 0 saturated heterocycles. The van der Waals surface area contributed by atoms with Gasteiger partial charge in [-0.25, -0.2) is 0 Å². The summed E-state index contributed by atoms with van der Waals surface area (Å²) in [5.74, 6) is 0.934. The van der Waals surface area contributed by atoms with Crippen LogP contribution in [-0.2, 0) is 4.43 Å². The Morgan fingerprint density at radius 1 is 1.14 bits per heavy atom. The van der Waals surface area contributed by atoms with E-state index < -0.39 is 8.32 Å². The highest BCUT2D eigenvalue weighted by atomic mass is 28.4. The van der Waals surface area contributed by atoms with Gasteiger partial charge in [0.15, 0.2) is 8.32 Å². The molecule has 2 nitrogen and oxygen atoms in total. The van der Waals surface area contributed by atoms with Gasteiger partial charge < -0.3 is 4.43 Å². The van der Waals surface area contributed by atoms with E-state index in [0.29, 0.717) is 11.8 Å². The van der Waals surface area contributed by atoms with Crippen LogP contribution in [0.3, 0.4) is 0 Å². The summed E-state index contributed by atoms with van der Waals surface area (Å²) in [4.78, 5) is 0. The van der Waals surface area contributed by atoms with Crippen LogP contribution in [0.1, 0.15) is 87.0 Å². The molecule has 0 radical (unpaired) electrons. The van der Waals surface area contributed by atoms with Crippen LogP contribution in [0.2, 0.25) is 18.1 Å². The smallest absolute Gasteiger partial charge is 0.192 e. The van der Waals surface area contributed by atoms with Gasteiger partial charge in [-0.15, -0.1) is 0 Å². The first-order chi connectivity index (χ1) is 13.3. The summed E-state index contributed by atoms with van der Waals surface area (Å²) in [6, 6.07) is 2.80. The van der Waals surface area contributed by atoms with E-state index in [0.717, 1.165) is 32.1 Å². The van der Waals surface area contributed by atoms with Crippen LogP contribution in [0.25, 0.3) is 0 Å². The van der Waals surface area contributed by atoms with Gasteiger partial charge >= 0.3 is 0 Å². The van der Waals surface area contributed by atoms with Crippen molar-refractivity contribution in [3.8, 4) is 6.07 Å². The lowest BCUT2D eigenvalue weighted by molar-refractivity contribution is -0.0110. The second-order valence-electron chi connectivity index (χ2n) is 11.7. The van der Waals surface area contributed by atoms with Crippen molar-refractivity contribution in [1.29, 1.82) is 5.26 Å².